The molecule has 1 aliphatic rings. The van der Waals surface area contributed by atoms with Crippen LogP contribution in [0.25, 0.3) is 11.8 Å². The molecule has 2 aromatic rings. The van der Waals surface area contributed by atoms with E-state index in [1.54, 1.807) is 6.07 Å². The molecule has 6 heteroatoms. The van der Waals surface area contributed by atoms with E-state index in [1.807, 2.05) is 45.0 Å². The molecule has 0 aromatic heterocycles. The summed E-state index contributed by atoms with van der Waals surface area (Å²) in [6.45, 7) is 8.33. The van der Waals surface area contributed by atoms with Crippen molar-refractivity contribution in [2.45, 2.75) is 27.2 Å². The number of benzene rings is 2. The fourth-order valence-electron chi connectivity index (χ4n) is 3.22. The number of ether oxygens (including phenoxy) is 3. The lowest BCUT2D eigenvalue weighted by Gasteiger charge is -2.23. The topological polar surface area (TPSA) is 60.0 Å². The quantitative estimate of drug-likeness (QED) is 0.701. The Morgan fingerprint density at radius 3 is 2.32 bits per heavy atom. The van der Waals surface area contributed by atoms with Crippen molar-refractivity contribution in [1.29, 1.82) is 0 Å². The first-order valence-corrected chi connectivity index (χ1v) is 9.50. The molecule has 0 amide bonds. The van der Waals surface area contributed by atoms with E-state index in [-0.39, 0.29) is 18.2 Å². The average Bonchev–Trinajstić information content (AvgIpc) is 2.65. The second kappa shape index (κ2) is 10.1. The van der Waals surface area contributed by atoms with Gasteiger partial charge in [0.2, 0.25) is 0 Å². The molecule has 28 heavy (non-hydrogen) atoms. The number of nitrogens with one attached hydrogen (secondary N) is 1. The van der Waals surface area contributed by atoms with Crippen molar-refractivity contribution in [3.63, 3.8) is 0 Å². The molecule has 0 bridgehead atoms. The van der Waals surface area contributed by atoms with Gasteiger partial charge in [-0.05, 0) is 68.7 Å². The molecule has 0 aliphatic carbocycles. The Balaban J connectivity index is 0.00000280. The highest BCUT2D eigenvalue weighted by atomic mass is 35.5. The monoisotopic (exact) mass is 405 g/mol. The molecule has 0 saturated heterocycles. The van der Waals surface area contributed by atoms with Crippen molar-refractivity contribution in [1.82, 2.24) is 5.32 Å². The summed E-state index contributed by atoms with van der Waals surface area (Å²) in [6.07, 6.45) is 2.95. The number of phenolic OH excluding ortho intramolecular Hbond substituents is 1. The second-order valence-electron chi connectivity index (χ2n) is 6.22. The largest absolute Gasteiger partial charge is 0.504 e. The number of fused-ring (bicyclic) bond motifs is 1. The SMILES string of the molecule is CCOc1cc2c(cc1O)CCN/C2=C\c1ccc(OCC)c(OCC)c1.Cl. The summed E-state index contributed by atoms with van der Waals surface area (Å²) in [6, 6.07) is 9.65. The highest BCUT2D eigenvalue weighted by Crippen LogP contribution is 2.36. The lowest BCUT2D eigenvalue weighted by Crippen LogP contribution is -2.22. The normalized spacial score (nSPS) is 13.9. The van der Waals surface area contributed by atoms with Crippen molar-refractivity contribution in [2.75, 3.05) is 26.4 Å². The van der Waals surface area contributed by atoms with Crippen LogP contribution in [0.15, 0.2) is 30.3 Å². The van der Waals surface area contributed by atoms with Gasteiger partial charge in [0.05, 0.1) is 19.8 Å². The first kappa shape index (κ1) is 21.8. The van der Waals surface area contributed by atoms with Crippen LogP contribution in [0.2, 0.25) is 0 Å². The van der Waals surface area contributed by atoms with Crippen LogP contribution >= 0.6 is 12.4 Å². The summed E-state index contributed by atoms with van der Waals surface area (Å²) in [4.78, 5) is 0. The van der Waals surface area contributed by atoms with Gasteiger partial charge in [0.15, 0.2) is 23.0 Å². The lowest BCUT2D eigenvalue weighted by molar-refractivity contribution is 0.287. The third kappa shape index (κ3) is 4.84. The summed E-state index contributed by atoms with van der Waals surface area (Å²) in [7, 11) is 0. The molecule has 152 valence electrons. The third-order valence-electron chi connectivity index (χ3n) is 4.36. The van der Waals surface area contributed by atoms with Crippen LogP contribution in [0.5, 0.6) is 23.0 Å². The third-order valence-corrected chi connectivity index (χ3v) is 4.36. The van der Waals surface area contributed by atoms with Crippen LogP contribution in [0.1, 0.15) is 37.5 Å². The van der Waals surface area contributed by atoms with Crippen LogP contribution in [0.4, 0.5) is 0 Å². The van der Waals surface area contributed by atoms with E-state index in [2.05, 4.69) is 11.4 Å². The highest BCUT2D eigenvalue weighted by Gasteiger charge is 2.18. The lowest BCUT2D eigenvalue weighted by atomic mass is 9.96. The van der Waals surface area contributed by atoms with Gasteiger partial charge in [-0.2, -0.15) is 0 Å². The van der Waals surface area contributed by atoms with Crippen LogP contribution in [-0.4, -0.2) is 31.5 Å². The summed E-state index contributed by atoms with van der Waals surface area (Å²) in [5.41, 5.74) is 4.18. The van der Waals surface area contributed by atoms with Gasteiger partial charge in [-0.3, -0.25) is 0 Å². The molecule has 5 nitrogen and oxygen atoms in total. The van der Waals surface area contributed by atoms with Crippen molar-refractivity contribution in [2.24, 2.45) is 0 Å². The average molecular weight is 406 g/mol. The van der Waals surface area contributed by atoms with E-state index in [0.29, 0.717) is 25.6 Å². The molecule has 3 rings (SSSR count). The van der Waals surface area contributed by atoms with Crippen molar-refractivity contribution >= 4 is 24.2 Å². The maximum Gasteiger partial charge on any atom is 0.161 e. The summed E-state index contributed by atoms with van der Waals surface area (Å²) in [5.74, 6) is 2.19. The summed E-state index contributed by atoms with van der Waals surface area (Å²) in [5, 5.41) is 13.6. The minimum absolute atomic E-state index is 0. The molecule has 1 heterocycles. The second-order valence-corrected chi connectivity index (χ2v) is 6.22. The minimum atomic E-state index is 0. The Bertz CT molecular complexity index is 836. The van der Waals surface area contributed by atoms with Crippen molar-refractivity contribution in [3.05, 3.63) is 47.0 Å². The zero-order valence-corrected chi connectivity index (χ0v) is 17.4. The Kier molecular flexibility index (Phi) is 7.88. The smallest absolute Gasteiger partial charge is 0.161 e. The van der Waals surface area contributed by atoms with Gasteiger partial charge in [0.1, 0.15) is 0 Å². The zero-order valence-electron chi connectivity index (χ0n) is 16.6. The molecule has 0 fully saturated rings. The van der Waals surface area contributed by atoms with E-state index in [9.17, 15) is 5.11 Å². The first-order chi connectivity index (χ1) is 13.2. The minimum Gasteiger partial charge on any atom is -0.504 e. The molecule has 0 spiro atoms. The Hall–Kier alpha value is -2.53. The van der Waals surface area contributed by atoms with E-state index in [1.165, 1.54) is 0 Å². The maximum absolute atomic E-state index is 10.2. The molecular formula is C22H28ClNO4. The Labute approximate surface area is 172 Å². The van der Waals surface area contributed by atoms with Crippen molar-refractivity contribution < 1.29 is 19.3 Å². The van der Waals surface area contributed by atoms with Crippen molar-refractivity contribution in [3.8, 4) is 23.0 Å². The zero-order chi connectivity index (χ0) is 19.2. The van der Waals surface area contributed by atoms with Crippen LogP contribution in [0, 0.1) is 0 Å². The predicted octanol–water partition coefficient (Wildman–Crippen LogP) is 4.65. The van der Waals surface area contributed by atoms with E-state index < -0.39 is 0 Å². The van der Waals surface area contributed by atoms with E-state index in [4.69, 9.17) is 14.2 Å². The number of hydrogen-bond acceptors (Lipinski definition) is 5. The van der Waals surface area contributed by atoms with Gasteiger partial charge >= 0.3 is 0 Å². The van der Waals surface area contributed by atoms with Gasteiger partial charge in [0.25, 0.3) is 0 Å². The summed E-state index contributed by atoms with van der Waals surface area (Å²) >= 11 is 0. The van der Waals surface area contributed by atoms with Gasteiger partial charge in [-0.15, -0.1) is 12.4 Å². The molecule has 0 atom stereocenters. The van der Waals surface area contributed by atoms with Gasteiger partial charge in [-0.25, -0.2) is 0 Å². The highest BCUT2D eigenvalue weighted by molar-refractivity contribution is 5.85. The fourth-order valence-corrected chi connectivity index (χ4v) is 3.22. The molecule has 1 aliphatic heterocycles. The van der Waals surface area contributed by atoms with Crippen LogP contribution in [-0.2, 0) is 6.42 Å². The van der Waals surface area contributed by atoms with Crippen LogP contribution in [0.3, 0.4) is 0 Å². The molecule has 0 unspecified atom stereocenters. The molecule has 2 aromatic carbocycles. The standard InChI is InChI=1S/C22H27NO4.ClH/c1-4-25-20-8-7-15(12-22(20)27-6-3)11-18-17-14-21(26-5-2)19(24)13-16(17)9-10-23-18;/h7-8,11-14,23-24H,4-6,9-10H2,1-3H3;1H/b18-11-;. The number of halogens is 1. The molecular weight excluding hydrogens is 378 g/mol. The molecule has 0 saturated carbocycles. The predicted molar refractivity (Wildman–Crippen MR) is 115 cm³/mol. The van der Waals surface area contributed by atoms with Crippen LogP contribution < -0.4 is 19.5 Å². The maximum atomic E-state index is 10.2. The fraction of sp³-hybridized carbons (Fsp3) is 0.364. The summed E-state index contributed by atoms with van der Waals surface area (Å²) < 4.78 is 16.9. The first-order valence-electron chi connectivity index (χ1n) is 9.50. The Morgan fingerprint density at radius 1 is 0.929 bits per heavy atom. The number of phenols is 1. The van der Waals surface area contributed by atoms with Gasteiger partial charge < -0.3 is 24.6 Å². The number of hydrogen-bond donors (Lipinski definition) is 2. The molecule has 2 N–H and O–H groups in total. The van der Waals surface area contributed by atoms with E-state index in [0.717, 1.165) is 46.9 Å². The van der Waals surface area contributed by atoms with E-state index >= 15 is 0 Å². The Morgan fingerprint density at radius 2 is 1.61 bits per heavy atom. The molecule has 0 radical (unpaired) electrons. The van der Waals surface area contributed by atoms with Gasteiger partial charge in [-0.1, -0.05) is 6.07 Å². The van der Waals surface area contributed by atoms with Gasteiger partial charge in [0, 0.05) is 17.8 Å². The number of rotatable bonds is 7. The number of aromatic hydroxyl groups is 1.